The Balaban J connectivity index is 1.93. The monoisotopic (exact) mass is 281 g/mol. The fraction of sp³-hybridized carbons (Fsp3) is 0.714. The highest BCUT2D eigenvalue weighted by Gasteiger charge is 2.32. The van der Waals surface area contributed by atoms with Crippen molar-refractivity contribution in [1.82, 2.24) is 9.88 Å². The van der Waals surface area contributed by atoms with Gasteiger partial charge >= 0.3 is 0 Å². The van der Waals surface area contributed by atoms with Crippen LogP contribution in [0.25, 0.3) is 0 Å². The highest BCUT2D eigenvalue weighted by molar-refractivity contribution is 7.13. The zero-order valence-electron chi connectivity index (χ0n) is 12.2. The number of carbonyl (C=O) groups excluding carboxylic acids is 1. The Hall–Kier alpha value is -0.940. The van der Waals surface area contributed by atoms with Gasteiger partial charge in [-0.3, -0.25) is 14.6 Å². The fourth-order valence-electron chi connectivity index (χ4n) is 2.55. The van der Waals surface area contributed by atoms with E-state index in [2.05, 4.69) is 30.7 Å². The van der Waals surface area contributed by atoms with Gasteiger partial charge in [0, 0.05) is 30.1 Å². The van der Waals surface area contributed by atoms with Crippen LogP contribution in [0.1, 0.15) is 33.6 Å². The Morgan fingerprint density at radius 1 is 1.42 bits per heavy atom. The maximum Gasteiger partial charge on any atom is 0.231 e. The molecule has 19 heavy (non-hydrogen) atoms. The van der Waals surface area contributed by atoms with Gasteiger partial charge in [-0.05, 0) is 46.7 Å². The summed E-state index contributed by atoms with van der Waals surface area (Å²) in [4.78, 5) is 20.8. The van der Waals surface area contributed by atoms with Gasteiger partial charge in [0.05, 0.1) is 0 Å². The first kappa shape index (κ1) is 14.5. The van der Waals surface area contributed by atoms with Gasteiger partial charge in [0.1, 0.15) is 0 Å². The minimum atomic E-state index is 0.146. The Morgan fingerprint density at radius 2 is 2.05 bits per heavy atom. The summed E-state index contributed by atoms with van der Waals surface area (Å²) in [6.07, 6.45) is 3.64. The van der Waals surface area contributed by atoms with E-state index in [-0.39, 0.29) is 17.4 Å². The molecule has 1 amide bonds. The molecule has 2 heterocycles. The molecule has 1 aliphatic heterocycles. The molecule has 2 rings (SSSR count). The number of hydrogen-bond donors (Lipinski definition) is 0. The fourth-order valence-corrected chi connectivity index (χ4v) is 3.16. The van der Waals surface area contributed by atoms with Gasteiger partial charge in [-0.2, -0.15) is 0 Å². The number of amides is 1. The van der Waals surface area contributed by atoms with Crippen molar-refractivity contribution in [3.63, 3.8) is 0 Å². The third kappa shape index (κ3) is 3.34. The third-order valence-corrected chi connectivity index (χ3v) is 4.68. The summed E-state index contributed by atoms with van der Waals surface area (Å²) in [6, 6.07) is 0. The summed E-state index contributed by atoms with van der Waals surface area (Å²) in [7, 11) is 1.83. The predicted octanol–water partition coefficient (Wildman–Crippen LogP) is 2.62. The molecule has 0 aromatic carbocycles. The van der Waals surface area contributed by atoms with Gasteiger partial charge in [0.25, 0.3) is 0 Å². The lowest BCUT2D eigenvalue weighted by molar-refractivity contribution is -0.124. The maximum atomic E-state index is 12.4. The number of aromatic nitrogens is 1. The smallest absolute Gasteiger partial charge is 0.231 e. The first-order valence-electron chi connectivity index (χ1n) is 6.81. The SMILES string of the molecule is CN(C(=O)C1CCN(C(C)(C)C)CC1)c1nccs1. The van der Waals surface area contributed by atoms with E-state index >= 15 is 0 Å². The van der Waals surface area contributed by atoms with Crippen molar-refractivity contribution >= 4 is 22.4 Å². The van der Waals surface area contributed by atoms with Gasteiger partial charge < -0.3 is 0 Å². The van der Waals surface area contributed by atoms with Crippen molar-refractivity contribution < 1.29 is 4.79 Å². The van der Waals surface area contributed by atoms with E-state index in [0.29, 0.717) is 0 Å². The lowest BCUT2D eigenvalue weighted by Crippen LogP contribution is -2.48. The molecule has 1 aliphatic rings. The molecule has 1 fully saturated rings. The van der Waals surface area contributed by atoms with Crippen LogP contribution >= 0.6 is 11.3 Å². The van der Waals surface area contributed by atoms with Crippen LogP contribution in [0.2, 0.25) is 0 Å². The summed E-state index contributed by atoms with van der Waals surface area (Å²) in [5.41, 5.74) is 0.204. The van der Waals surface area contributed by atoms with Gasteiger partial charge in [0.2, 0.25) is 5.91 Å². The highest BCUT2D eigenvalue weighted by Crippen LogP contribution is 2.26. The quantitative estimate of drug-likeness (QED) is 0.836. The van der Waals surface area contributed by atoms with Crippen LogP contribution in [0.3, 0.4) is 0 Å². The van der Waals surface area contributed by atoms with Gasteiger partial charge in [-0.25, -0.2) is 4.98 Å². The van der Waals surface area contributed by atoms with Crippen LogP contribution < -0.4 is 4.90 Å². The average Bonchev–Trinajstić information content (AvgIpc) is 2.90. The van der Waals surface area contributed by atoms with Crippen LogP contribution in [0.4, 0.5) is 5.13 Å². The molecule has 106 valence electrons. The second-order valence-corrected chi connectivity index (χ2v) is 7.02. The van der Waals surface area contributed by atoms with Crippen molar-refractivity contribution in [2.75, 3.05) is 25.0 Å². The lowest BCUT2D eigenvalue weighted by atomic mass is 9.92. The number of thiazole rings is 1. The first-order chi connectivity index (χ1) is 8.89. The lowest BCUT2D eigenvalue weighted by Gasteiger charge is -2.40. The second kappa shape index (κ2) is 5.59. The number of anilines is 1. The third-order valence-electron chi connectivity index (χ3n) is 3.83. The summed E-state index contributed by atoms with van der Waals surface area (Å²) < 4.78 is 0. The van der Waals surface area contributed by atoms with Gasteiger partial charge in [0.15, 0.2) is 5.13 Å². The molecule has 1 aromatic heterocycles. The van der Waals surface area contributed by atoms with Crippen molar-refractivity contribution in [1.29, 1.82) is 0 Å². The van der Waals surface area contributed by atoms with E-state index in [0.717, 1.165) is 31.1 Å². The number of rotatable bonds is 2. The maximum absolute atomic E-state index is 12.4. The van der Waals surface area contributed by atoms with Gasteiger partial charge in [-0.1, -0.05) is 0 Å². The molecule has 0 N–H and O–H groups in total. The minimum absolute atomic E-state index is 0.146. The molecule has 0 radical (unpaired) electrons. The number of piperidine rings is 1. The highest BCUT2D eigenvalue weighted by atomic mass is 32.1. The van der Waals surface area contributed by atoms with Crippen molar-refractivity contribution in [2.45, 2.75) is 39.2 Å². The molecule has 1 aromatic rings. The first-order valence-corrected chi connectivity index (χ1v) is 7.69. The summed E-state index contributed by atoms with van der Waals surface area (Å²) >= 11 is 1.51. The standard InChI is InChI=1S/C14H23N3OS/c1-14(2,3)17-8-5-11(6-9-17)12(18)16(4)13-15-7-10-19-13/h7,10-11H,5-6,8-9H2,1-4H3. The van der Waals surface area contributed by atoms with E-state index in [1.54, 1.807) is 11.1 Å². The molecular formula is C14H23N3OS. The van der Waals surface area contributed by atoms with Crippen molar-refractivity contribution in [2.24, 2.45) is 5.92 Å². The van der Waals surface area contributed by atoms with Crippen molar-refractivity contribution in [3.8, 4) is 0 Å². The topological polar surface area (TPSA) is 36.4 Å². The molecule has 0 aliphatic carbocycles. The van der Waals surface area contributed by atoms with E-state index in [4.69, 9.17) is 0 Å². The largest absolute Gasteiger partial charge is 0.298 e. The Labute approximate surface area is 119 Å². The van der Waals surface area contributed by atoms with E-state index in [9.17, 15) is 4.79 Å². The molecular weight excluding hydrogens is 258 g/mol. The number of carbonyl (C=O) groups is 1. The molecule has 0 unspecified atom stereocenters. The van der Waals surface area contributed by atoms with Crippen LogP contribution in [-0.4, -0.2) is 41.5 Å². The Morgan fingerprint density at radius 3 is 2.53 bits per heavy atom. The minimum Gasteiger partial charge on any atom is -0.298 e. The number of likely N-dealkylation sites (tertiary alicyclic amines) is 1. The van der Waals surface area contributed by atoms with Crippen LogP contribution in [0.15, 0.2) is 11.6 Å². The number of nitrogens with zero attached hydrogens (tertiary/aromatic N) is 3. The Kier molecular flexibility index (Phi) is 4.26. The molecule has 4 nitrogen and oxygen atoms in total. The zero-order valence-corrected chi connectivity index (χ0v) is 13.0. The van der Waals surface area contributed by atoms with Crippen molar-refractivity contribution in [3.05, 3.63) is 11.6 Å². The van der Waals surface area contributed by atoms with E-state index in [1.807, 2.05) is 12.4 Å². The summed E-state index contributed by atoms with van der Waals surface area (Å²) in [6.45, 7) is 8.71. The second-order valence-electron chi connectivity index (χ2n) is 6.14. The van der Waals surface area contributed by atoms with E-state index in [1.165, 1.54) is 11.3 Å². The zero-order chi connectivity index (χ0) is 14.0. The Bertz CT molecular complexity index is 416. The molecule has 5 heteroatoms. The van der Waals surface area contributed by atoms with E-state index < -0.39 is 0 Å². The number of hydrogen-bond acceptors (Lipinski definition) is 4. The average molecular weight is 281 g/mol. The molecule has 0 bridgehead atoms. The molecule has 1 saturated heterocycles. The van der Waals surface area contributed by atoms with Crippen LogP contribution in [-0.2, 0) is 4.79 Å². The molecule has 0 saturated carbocycles. The van der Waals surface area contributed by atoms with Crippen LogP contribution in [0, 0.1) is 5.92 Å². The predicted molar refractivity (Wildman–Crippen MR) is 79.6 cm³/mol. The normalized spacial score (nSPS) is 18.5. The molecule has 0 atom stereocenters. The molecule has 0 spiro atoms. The van der Waals surface area contributed by atoms with Gasteiger partial charge in [-0.15, -0.1) is 11.3 Å². The summed E-state index contributed by atoms with van der Waals surface area (Å²) in [5, 5.41) is 2.70. The van der Waals surface area contributed by atoms with Crippen LogP contribution in [0.5, 0.6) is 0 Å². The summed E-state index contributed by atoms with van der Waals surface area (Å²) in [5.74, 6) is 0.357.